The fourth-order valence-corrected chi connectivity index (χ4v) is 4.94. The van der Waals surface area contributed by atoms with E-state index in [1.807, 2.05) is 0 Å². The summed E-state index contributed by atoms with van der Waals surface area (Å²) >= 11 is 0. The van der Waals surface area contributed by atoms with Gasteiger partial charge in [-0.05, 0) is 17.7 Å². The highest BCUT2D eigenvalue weighted by Crippen LogP contribution is 2.15. The van der Waals surface area contributed by atoms with Crippen LogP contribution in [0.3, 0.4) is 0 Å². The number of nitrogens with two attached hydrogens (primary N) is 1. The van der Waals surface area contributed by atoms with Crippen LogP contribution in [0.5, 0.6) is 0 Å². The lowest BCUT2D eigenvalue weighted by atomic mass is 10.2. The van der Waals surface area contributed by atoms with Crippen molar-refractivity contribution in [3.05, 3.63) is 53.8 Å². The zero-order valence-corrected chi connectivity index (χ0v) is 18.0. The molecule has 0 saturated carbocycles. The number of carbonyl (C=O) groups is 2. The molecule has 1 fully saturated rings. The van der Waals surface area contributed by atoms with Crippen LogP contribution in [0.2, 0.25) is 0 Å². The third kappa shape index (κ3) is 5.91. The van der Waals surface area contributed by atoms with Crippen molar-refractivity contribution in [1.82, 2.24) is 9.21 Å². The summed E-state index contributed by atoms with van der Waals surface area (Å²) in [5, 5.41) is 4.30. The van der Waals surface area contributed by atoms with Crippen LogP contribution >= 0.6 is 0 Å². The normalized spacial score (nSPS) is 15.6. The van der Waals surface area contributed by atoms with Gasteiger partial charge < -0.3 is 14.1 Å². The van der Waals surface area contributed by atoms with E-state index in [4.69, 9.17) is 14.3 Å². The van der Waals surface area contributed by atoms with Gasteiger partial charge in [0.05, 0.1) is 5.75 Å². The predicted octanol–water partition coefficient (Wildman–Crippen LogP) is -0.242. The highest BCUT2D eigenvalue weighted by Gasteiger charge is 2.29. The standard InChI is InChI=1S/C18H21N3O8S2/c19-31(26,27)17-7-6-15(29-17)18(23)28-12-16(22)20-8-10-21(11-9-20)30(24,25)13-14-4-2-1-3-5-14/h1-7H,8-13H2,(H2,19,26,27). The van der Waals surface area contributed by atoms with Crippen molar-refractivity contribution in [2.45, 2.75) is 10.8 Å². The number of rotatable bonds is 7. The van der Waals surface area contributed by atoms with Crippen molar-refractivity contribution >= 4 is 31.9 Å². The first-order chi connectivity index (χ1) is 14.6. The lowest BCUT2D eigenvalue weighted by Crippen LogP contribution is -2.51. The van der Waals surface area contributed by atoms with Crippen molar-refractivity contribution in [1.29, 1.82) is 0 Å². The summed E-state index contributed by atoms with van der Waals surface area (Å²) in [4.78, 5) is 25.6. The zero-order valence-electron chi connectivity index (χ0n) is 16.3. The SMILES string of the molecule is NS(=O)(=O)c1ccc(C(=O)OCC(=O)N2CCN(S(=O)(=O)Cc3ccccc3)CC2)o1. The summed E-state index contributed by atoms with van der Waals surface area (Å²) in [7, 11) is -7.62. The van der Waals surface area contributed by atoms with Gasteiger partial charge in [0.25, 0.3) is 15.9 Å². The van der Waals surface area contributed by atoms with Crippen LogP contribution in [0, 0.1) is 0 Å². The Morgan fingerprint density at radius 2 is 1.61 bits per heavy atom. The minimum absolute atomic E-state index is 0.122. The second-order valence-electron chi connectivity index (χ2n) is 6.76. The van der Waals surface area contributed by atoms with Crippen molar-refractivity contribution in [3.63, 3.8) is 0 Å². The van der Waals surface area contributed by atoms with Gasteiger partial charge in [0.1, 0.15) is 0 Å². The van der Waals surface area contributed by atoms with Crippen molar-refractivity contribution in [2.24, 2.45) is 5.14 Å². The molecule has 0 unspecified atom stereocenters. The number of amides is 1. The molecule has 0 radical (unpaired) electrons. The number of sulfonamides is 2. The van der Waals surface area contributed by atoms with Crippen molar-refractivity contribution in [3.8, 4) is 0 Å². The first-order valence-corrected chi connectivity index (χ1v) is 12.3. The van der Waals surface area contributed by atoms with Crippen LogP contribution in [0.1, 0.15) is 16.1 Å². The molecule has 1 amide bonds. The molecular formula is C18H21N3O8S2. The third-order valence-corrected chi connectivity index (χ3v) is 7.20. The molecular weight excluding hydrogens is 450 g/mol. The second-order valence-corrected chi connectivity index (χ2v) is 10.2. The van der Waals surface area contributed by atoms with Crippen LogP contribution in [-0.2, 0) is 35.3 Å². The first-order valence-electron chi connectivity index (χ1n) is 9.15. The van der Waals surface area contributed by atoms with E-state index >= 15 is 0 Å². The van der Waals surface area contributed by atoms with E-state index in [1.165, 1.54) is 9.21 Å². The van der Waals surface area contributed by atoms with Gasteiger partial charge in [0.2, 0.25) is 20.9 Å². The highest BCUT2D eigenvalue weighted by atomic mass is 32.2. The van der Waals surface area contributed by atoms with Gasteiger partial charge in [-0.1, -0.05) is 30.3 Å². The van der Waals surface area contributed by atoms with Gasteiger partial charge in [-0.25, -0.2) is 26.8 Å². The predicted molar refractivity (Wildman–Crippen MR) is 108 cm³/mol. The maximum Gasteiger partial charge on any atom is 0.374 e. The number of ether oxygens (including phenoxy) is 1. The summed E-state index contributed by atoms with van der Waals surface area (Å²) in [6, 6.07) is 10.9. The van der Waals surface area contributed by atoms with E-state index in [-0.39, 0.29) is 31.9 Å². The van der Waals surface area contributed by atoms with Crippen LogP contribution in [0.4, 0.5) is 0 Å². The van der Waals surface area contributed by atoms with E-state index in [2.05, 4.69) is 0 Å². The minimum Gasteiger partial charge on any atom is -0.450 e. The maximum atomic E-state index is 12.6. The monoisotopic (exact) mass is 471 g/mol. The Hall–Kier alpha value is -2.74. The molecule has 2 N–H and O–H groups in total. The molecule has 168 valence electrons. The number of hydrogen-bond donors (Lipinski definition) is 1. The zero-order chi connectivity index (χ0) is 22.6. The molecule has 1 aromatic heterocycles. The topological polar surface area (TPSA) is 157 Å². The molecule has 1 aliphatic rings. The Morgan fingerprint density at radius 1 is 0.968 bits per heavy atom. The molecule has 2 heterocycles. The maximum absolute atomic E-state index is 12.6. The number of hydrogen-bond acceptors (Lipinski definition) is 8. The molecule has 3 rings (SSSR count). The quantitative estimate of drug-likeness (QED) is 0.542. The average molecular weight is 472 g/mol. The number of carbonyl (C=O) groups excluding carboxylic acids is 2. The average Bonchev–Trinajstić information content (AvgIpc) is 3.23. The van der Waals surface area contributed by atoms with Gasteiger partial charge >= 0.3 is 5.97 Å². The first kappa shape index (κ1) is 22.9. The molecule has 1 saturated heterocycles. The van der Waals surface area contributed by atoms with Gasteiger partial charge in [-0.2, -0.15) is 4.31 Å². The summed E-state index contributed by atoms with van der Waals surface area (Å²) in [6.07, 6.45) is 0. The minimum atomic E-state index is -4.10. The summed E-state index contributed by atoms with van der Waals surface area (Å²) in [5.74, 6) is -2.06. The van der Waals surface area contributed by atoms with Crippen LogP contribution in [-0.4, -0.2) is 70.7 Å². The molecule has 11 nitrogen and oxygen atoms in total. The summed E-state index contributed by atoms with van der Waals surface area (Å²) < 4.78 is 58.4. The Balaban J connectivity index is 1.49. The van der Waals surface area contributed by atoms with E-state index in [1.54, 1.807) is 30.3 Å². The number of esters is 1. The number of primary sulfonamides is 1. The van der Waals surface area contributed by atoms with E-state index < -0.39 is 49.4 Å². The number of nitrogens with zero attached hydrogens (tertiary/aromatic N) is 2. The second kappa shape index (κ2) is 9.18. The van der Waals surface area contributed by atoms with E-state index in [0.717, 1.165) is 12.1 Å². The Kier molecular flexibility index (Phi) is 6.79. The molecule has 0 aliphatic carbocycles. The number of furan rings is 1. The fourth-order valence-electron chi connectivity index (χ4n) is 2.96. The Morgan fingerprint density at radius 3 is 2.19 bits per heavy atom. The lowest BCUT2D eigenvalue weighted by Gasteiger charge is -2.33. The van der Waals surface area contributed by atoms with Crippen LogP contribution in [0.25, 0.3) is 0 Å². The van der Waals surface area contributed by atoms with Gasteiger partial charge in [0, 0.05) is 26.2 Å². The number of benzene rings is 1. The molecule has 0 bridgehead atoms. The van der Waals surface area contributed by atoms with Crippen molar-refractivity contribution in [2.75, 3.05) is 32.8 Å². The van der Waals surface area contributed by atoms with Gasteiger partial charge in [-0.3, -0.25) is 4.79 Å². The smallest absolute Gasteiger partial charge is 0.374 e. The molecule has 13 heteroatoms. The van der Waals surface area contributed by atoms with Crippen LogP contribution < -0.4 is 5.14 Å². The van der Waals surface area contributed by atoms with Crippen molar-refractivity contribution < 1.29 is 35.6 Å². The Bertz CT molecular complexity index is 1150. The van der Waals surface area contributed by atoms with Gasteiger partial charge in [-0.15, -0.1) is 0 Å². The molecule has 0 spiro atoms. The largest absolute Gasteiger partial charge is 0.450 e. The highest BCUT2D eigenvalue weighted by molar-refractivity contribution is 7.89. The molecule has 0 atom stereocenters. The molecule has 31 heavy (non-hydrogen) atoms. The summed E-state index contributed by atoms with van der Waals surface area (Å²) in [6.45, 7) is -0.0298. The van der Waals surface area contributed by atoms with E-state index in [9.17, 15) is 26.4 Å². The molecule has 1 aliphatic heterocycles. The molecule has 1 aromatic carbocycles. The van der Waals surface area contributed by atoms with Gasteiger partial charge in [0.15, 0.2) is 6.61 Å². The fraction of sp³-hybridized carbons (Fsp3) is 0.333. The lowest BCUT2D eigenvalue weighted by molar-refractivity contribution is -0.135. The molecule has 2 aromatic rings. The summed E-state index contributed by atoms with van der Waals surface area (Å²) in [5.41, 5.74) is 0.677. The number of piperazine rings is 1. The van der Waals surface area contributed by atoms with E-state index in [0.29, 0.717) is 5.56 Å². The van der Waals surface area contributed by atoms with Crippen LogP contribution in [0.15, 0.2) is 52.0 Å². The Labute approximate surface area is 179 Å². The third-order valence-electron chi connectivity index (χ3n) is 4.57.